The number of aromatic nitrogens is 1. The van der Waals surface area contributed by atoms with Gasteiger partial charge in [-0.05, 0) is 24.3 Å². The minimum absolute atomic E-state index is 0.391. The summed E-state index contributed by atoms with van der Waals surface area (Å²) < 4.78 is 10.2. The fourth-order valence-corrected chi connectivity index (χ4v) is 2.10. The third-order valence-electron chi connectivity index (χ3n) is 2.77. The van der Waals surface area contributed by atoms with Crippen molar-refractivity contribution < 1.29 is 14.3 Å². The van der Waals surface area contributed by atoms with Crippen LogP contribution in [-0.2, 0) is 4.74 Å². The van der Waals surface area contributed by atoms with Gasteiger partial charge in [0.25, 0.3) is 0 Å². The quantitative estimate of drug-likeness (QED) is 0.512. The van der Waals surface area contributed by atoms with E-state index in [9.17, 15) is 4.79 Å². The molecule has 2 rings (SSSR count). The van der Waals surface area contributed by atoms with Crippen LogP contribution in [0.15, 0.2) is 36.5 Å². The van der Waals surface area contributed by atoms with Crippen molar-refractivity contribution in [2.45, 2.75) is 0 Å². The van der Waals surface area contributed by atoms with Gasteiger partial charge in [0.2, 0.25) is 5.88 Å². The first-order valence-corrected chi connectivity index (χ1v) is 7.70. The summed E-state index contributed by atoms with van der Waals surface area (Å²) in [4.78, 5) is 15.9. The van der Waals surface area contributed by atoms with Gasteiger partial charge < -0.3 is 14.8 Å². The summed E-state index contributed by atoms with van der Waals surface area (Å²) in [6.07, 6.45) is 1.48. The summed E-state index contributed by atoms with van der Waals surface area (Å²) in [6.45, 7) is 0.881. The number of halogens is 2. The van der Waals surface area contributed by atoms with E-state index in [1.807, 2.05) is 0 Å². The third kappa shape index (κ3) is 5.77. The zero-order chi connectivity index (χ0) is 17.4. The second kappa shape index (κ2) is 9.17. The van der Waals surface area contributed by atoms with Gasteiger partial charge in [0.05, 0.1) is 29.2 Å². The van der Waals surface area contributed by atoms with Gasteiger partial charge in [-0.3, -0.25) is 10.9 Å². The van der Waals surface area contributed by atoms with Crippen molar-refractivity contribution in [3.63, 3.8) is 0 Å². The molecule has 2 amide bonds. The van der Waals surface area contributed by atoms with Crippen LogP contribution in [0.5, 0.6) is 5.88 Å². The van der Waals surface area contributed by atoms with Gasteiger partial charge in [-0.25, -0.2) is 9.78 Å². The van der Waals surface area contributed by atoms with Gasteiger partial charge in [0.1, 0.15) is 6.61 Å². The number of amides is 2. The maximum atomic E-state index is 11.8. The Morgan fingerprint density at radius 2 is 2.04 bits per heavy atom. The summed E-state index contributed by atoms with van der Waals surface area (Å²) in [5, 5.41) is 3.51. The zero-order valence-electron chi connectivity index (χ0n) is 12.8. The molecule has 0 aliphatic heterocycles. The molecular formula is C15H16Cl2N4O3. The van der Waals surface area contributed by atoms with Crippen LogP contribution < -0.4 is 20.9 Å². The van der Waals surface area contributed by atoms with E-state index in [-0.39, 0.29) is 0 Å². The number of anilines is 2. The molecule has 0 fully saturated rings. The molecule has 9 heteroatoms. The number of hydrogen-bond acceptors (Lipinski definition) is 5. The Kier molecular flexibility index (Phi) is 6.92. The Morgan fingerprint density at radius 3 is 2.71 bits per heavy atom. The lowest BCUT2D eigenvalue weighted by molar-refractivity contribution is 0.144. The second-order valence-corrected chi connectivity index (χ2v) is 5.40. The Hall–Kier alpha value is -2.22. The summed E-state index contributed by atoms with van der Waals surface area (Å²) in [6, 6.07) is 7.71. The van der Waals surface area contributed by atoms with E-state index in [4.69, 9.17) is 32.7 Å². The molecule has 0 aliphatic carbocycles. The van der Waals surface area contributed by atoms with Gasteiger partial charge in [-0.1, -0.05) is 23.2 Å². The van der Waals surface area contributed by atoms with E-state index in [2.05, 4.69) is 21.2 Å². The normalized spacial score (nSPS) is 10.1. The Labute approximate surface area is 149 Å². The number of methoxy groups -OCH3 is 1. The van der Waals surface area contributed by atoms with Crippen LogP contribution in [0.3, 0.4) is 0 Å². The number of rotatable bonds is 7. The zero-order valence-corrected chi connectivity index (χ0v) is 14.3. The van der Waals surface area contributed by atoms with E-state index in [1.165, 1.54) is 6.20 Å². The maximum Gasteiger partial charge on any atom is 0.337 e. The minimum atomic E-state index is -0.476. The number of hydrazine groups is 1. The fourth-order valence-electron chi connectivity index (χ4n) is 1.65. The highest BCUT2D eigenvalue weighted by molar-refractivity contribution is 6.36. The monoisotopic (exact) mass is 370 g/mol. The number of urea groups is 1. The summed E-state index contributed by atoms with van der Waals surface area (Å²) in [5.41, 5.74) is 6.19. The Bertz CT molecular complexity index is 683. The summed E-state index contributed by atoms with van der Waals surface area (Å²) >= 11 is 11.8. The molecule has 128 valence electrons. The van der Waals surface area contributed by atoms with E-state index in [0.717, 1.165) is 0 Å². The van der Waals surface area contributed by atoms with Gasteiger partial charge in [-0.15, -0.1) is 0 Å². The molecule has 3 N–H and O–H groups in total. The lowest BCUT2D eigenvalue weighted by Crippen LogP contribution is -2.33. The smallest absolute Gasteiger partial charge is 0.337 e. The highest BCUT2D eigenvalue weighted by Crippen LogP contribution is 2.24. The van der Waals surface area contributed by atoms with Crippen LogP contribution in [0.25, 0.3) is 0 Å². The molecule has 0 atom stereocenters. The maximum absolute atomic E-state index is 11.8. The molecule has 0 aliphatic rings. The van der Waals surface area contributed by atoms with Crippen LogP contribution in [0.4, 0.5) is 16.2 Å². The van der Waals surface area contributed by atoms with Crippen LogP contribution in [-0.4, -0.2) is 31.3 Å². The Balaban J connectivity index is 1.81. The van der Waals surface area contributed by atoms with Crippen molar-refractivity contribution >= 4 is 40.6 Å². The number of nitrogens with one attached hydrogen (secondary N) is 3. The van der Waals surface area contributed by atoms with Crippen molar-refractivity contribution in [3.05, 3.63) is 46.6 Å². The molecule has 1 heterocycles. The van der Waals surface area contributed by atoms with Crippen LogP contribution in [0.2, 0.25) is 10.0 Å². The van der Waals surface area contributed by atoms with E-state index in [0.29, 0.717) is 40.5 Å². The molecular weight excluding hydrogens is 355 g/mol. The number of nitrogens with zero attached hydrogens (tertiary/aromatic N) is 1. The number of hydrogen-bond donors (Lipinski definition) is 3. The van der Waals surface area contributed by atoms with Crippen molar-refractivity contribution in [1.82, 2.24) is 10.4 Å². The average Bonchev–Trinajstić information content (AvgIpc) is 2.56. The molecule has 0 bridgehead atoms. The van der Waals surface area contributed by atoms with Crippen LogP contribution in [0, 0.1) is 0 Å². The lowest BCUT2D eigenvalue weighted by Gasteiger charge is -2.11. The largest absolute Gasteiger partial charge is 0.475 e. The molecule has 2 aromatic rings. The van der Waals surface area contributed by atoms with Gasteiger partial charge in [-0.2, -0.15) is 0 Å². The van der Waals surface area contributed by atoms with E-state index >= 15 is 0 Å². The standard InChI is InChI=1S/C15H16Cl2N4O3/c1-23-6-7-24-14-5-3-11(9-18-14)19-15(22)21-20-13-4-2-10(16)8-12(13)17/h2-5,8-9,20H,6-7H2,1H3,(H2,19,21,22). The number of pyridine rings is 1. The molecule has 1 aromatic heterocycles. The first-order valence-electron chi connectivity index (χ1n) is 6.94. The van der Waals surface area contributed by atoms with Gasteiger partial charge >= 0.3 is 6.03 Å². The summed E-state index contributed by atoms with van der Waals surface area (Å²) in [5.74, 6) is 0.448. The lowest BCUT2D eigenvalue weighted by atomic mass is 10.3. The first-order chi connectivity index (χ1) is 11.6. The number of carbonyl (C=O) groups excluding carboxylic acids is 1. The van der Waals surface area contributed by atoms with E-state index < -0.39 is 6.03 Å². The van der Waals surface area contributed by atoms with Crippen molar-refractivity contribution in [3.8, 4) is 5.88 Å². The molecule has 24 heavy (non-hydrogen) atoms. The van der Waals surface area contributed by atoms with E-state index in [1.54, 1.807) is 37.4 Å². The number of benzene rings is 1. The predicted molar refractivity (Wildman–Crippen MR) is 93.8 cm³/mol. The Morgan fingerprint density at radius 1 is 1.21 bits per heavy atom. The SMILES string of the molecule is COCCOc1ccc(NC(=O)NNc2ccc(Cl)cc2Cl)cn1. The van der Waals surface area contributed by atoms with Crippen LogP contribution >= 0.6 is 23.2 Å². The number of carbonyl (C=O) groups is 1. The van der Waals surface area contributed by atoms with Gasteiger partial charge in [0.15, 0.2) is 0 Å². The van der Waals surface area contributed by atoms with Gasteiger partial charge in [0, 0.05) is 18.2 Å². The highest BCUT2D eigenvalue weighted by Gasteiger charge is 2.05. The molecule has 0 unspecified atom stereocenters. The fraction of sp³-hybridized carbons (Fsp3) is 0.200. The summed E-state index contributed by atoms with van der Waals surface area (Å²) in [7, 11) is 1.59. The molecule has 1 aromatic carbocycles. The molecule has 0 saturated carbocycles. The van der Waals surface area contributed by atoms with Crippen molar-refractivity contribution in [1.29, 1.82) is 0 Å². The second-order valence-electron chi connectivity index (χ2n) is 4.55. The number of ether oxygens (including phenoxy) is 2. The molecule has 7 nitrogen and oxygen atoms in total. The topological polar surface area (TPSA) is 84.5 Å². The van der Waals surface area contributed by atoms with Crippen molar-refractivity contribution in [2.75, 3.05) is 31.1 Å². The minimum Gasteiger partial charge on any atom is -0.475 e. The molecule has 0 radical (unpaired) electrons. The predicted octanol–water partition coefficient (Wildman–Crippen LogP) is 3.56. The van der Waals surface area contributed by atoms with Crippen molar-refractivity contribution in [2.24, 2.45) is 0 Å². The highest BCUT2D eigenvalue weighted by atomic mass is 35.5. The molecule has 0 saturated heterocycles. The first kappa shape index (κ1) is 18.1. The average molecular weight is 371 g/mol. The van der Waals surface area contributed by atoms with Crippen LogP contribution in [0.1, 0.15) is 0 Å². The third-order valence-corrected chi connectivity index (χ3v) is 3.32. The molecule has 0 spiro atoms.